The fourth-order valence-electron chi connectivity index (χ4n) is 2.67. The number of anilines is 1. The van der Waals surface area contributed by atoms with E-state index in [9.17, 15) is 9.18 Å². The molecule has 0 bridgehead atoms. The predicted octanol–water partition coefficient (Wildman–Crippen LogP) is 3.89. The highest BCUT2D eigenvalue weighted by atomic mass is 32.1. The number of hydrogen-bond acceptors (Lipinski definition) is 5. The molecular formula is C18H14FN5OS. The first-order valence-electron chi connectivity index (χ1n) is 7.88. The number of nitrogens with zero attached hydrogens (tertiary/aromatic N) is 4. The minimum Gasteiger partial charge on any atom is -0.320 e. The number of amides is 1. The van der Waals surface area contributed by atoms with Crippen molar-refractivity contribution in [1.82, 2.24) is 20.0 Å². The van der Waals surface area contributed by atoms with Crippen LogP contribution in [-0.2, 0) is 0 Å². The molecular weight excluding hydrogens is 353 g/mol. The number of carbonyl (C=O) groups is 1. The highest BCUT2D eigenvalue weighted by Gasteiger charge is 2.18. The summed E-state index contributed by atoms with van der Waals surface area (Å²) in [6.07, 6.45) is 0. The fourth-order valence-corrected chi connectivity index (χ4v) is 3.54. The van der Waals surface area contributed by atoms with Crippen molar-refractivity contribution in [3.8, 4) is 5.69 Å². The van der Waals surface area contributed by atoms with Gasteiger partial charge in [-0.25, -0.2) is 14.1 Å². The maximum Gasteiger partial charge on any atom is 0.278 e. The maximum absolute atomic E-state index is 13.1. The third kappa shape index (κ3) is 2.95. The number of benzene rings is 2. The summed E-state index contributed by atoms with van der Waals surface area (Å²) in [6, 6.07) is 11.4. The third-order valence-electron chi connectivity index (χ3n) is 3.93. The molecule has 0 aliphatic heterocycles. The Bertz CT molecular complexity index is 1120. The van der Waals surface area contributed by atoms with Crippen molar-refractivity contribution >= 4 is 33.1 Å². The van der Waals surface area contributed by atoms with Crippen LogP contribution in [0.25, 0.3) is 15.9 Å². The lowest BCUT2D eigenvalue weighted by atomic mass is 10.2. The van der Waals surface area contributed by atoms with Crippen LogP contribution in [0.15, 0.2) is 42.5 Å². The molecule has 1 amide bonds. The summed E-state index contributed by atoms with van der Waals surface area (Å²) < 4.78 is 15.6. The van der Waals surface area contributed by atoms with Crippen LogP contribution < -0.4 is 5.32 Å². The lowest BCUT2D eigenvalue weighted by Gasteiger charge is -2.05. The predicted molar refractivity (Wildman–Crippen MR) is 98.4 cm³/mol. The minimum absolute atomic E-state index is 0.218. The Kier molecular flexibility index (Phi) is 3.96. The molecule has 1 N–H and O–H groups in total. The van der Waals surface area contributed by atoms with E-state index < -0.39 is 0 Å². The topological polar surface area (TPSA) is 72.7 Å². The van der Waals surface area contributed by atoms with E-state index in [0.29, 0.717) is 17.1 Å². The molecule has 0 atom stereocenters. The van der Waals surface area contributed by atoms with Gasteiger partial charge in [-0.05, 0) is 56.3 Å². The average molecular weight is 367 g/mol. The standard InChI is InChI=1S/C18H14FN5OS/c1-10-17(22-23-24(10)14-6-3-12(19)4-7-14)18(25)21-13-5-8-15-16(9-13)26-11(2)20-15/h3-9H,1-2H3,(H,21,25). The number of fused-ring (bicyclic) bond motifs is 1. The largest absolute Gasteiger partial charge is 0.320 e. The average Bonchev–Trinajstić information content (AvgIpc) is 3.17. The highest BCUT2D eigenvalue weighted by molar-refractivity contribution is 7.18. The van der Waals surface area contributed by atoms with Crippen LogP contribution in [0.3, 0.4) is 0 Å². The molecule has 0 aliphatic carbocycles. The van der Waals surface area contributed by atoms with Gasteiger partial charge in [0.05, 0.1) is 26.6 Å². The molecule has 0 radical (unpaired) electrons. The molecule has 2 aromatic carbocycles. The third-order valence-corrected chi connectivity index (χ3v) is 4.87. The molecule has 26 heavy (non-hydrogen) atoms. The van der Waals surface area contributed by atoms with Gasteiger partial charge in [0.25, 0.3) is 5.91 Å². The molecule has 130 valence electrons. The second-order valence-electron chi connectivity index (χ2n) is 5.78. The van der Waals surface area contributed by atoms with E-state index in [2.05, 4.69) is 20.6 Å². The first-order chi connectivity index (χ1) is 12.5. The first kappa shape index (κ1) is 16.3. The summed E-state index contributed by atoms with van der Waals surface area (Å²) in [4.78, 5) is 17.0. The number of halogens is 1. The van der Waals surface area contributed by atoms with Crippen molar-refractivity contribution in [3.63, 3.8) is 0 Å². The van der Waals surface area contributed by atoms with Crippen molar-refractivity contribution in [2.45, 2.75) is 13.8 Å². The normalized spacial score (nSPS) is 11.0. The van der Waals surface area contributed by atoms with Gasteiger partial charge < -0.3 is 5.32 Å². The molecule has 0 saturated heterocycles. The van der Waals surface area contributed by atoms with Gasteiger partial charge in [0, 0.05) is 5.69 Å². The van der Waals surface area contributed by atoms with Gasteiger partial charge in [-0.1, -0.05) is 5.21 Å². The molecule has 0 aliphatic rings. The van der Waals surface area contributed by atoms with Gasteiger partial charge in [0.15, 0.2) is 5.69 Å². The summed E-state index contributed by atoms with van der Waals surface area (Å²) in [5, 5.41) is 11.8. The Balaban J connectivity index is 1.60. The Morgan fingerprint density at radius 3 is 2.69 bits per heavy atom. The number of aryl methyl sites for hydroxylation is 1. The van der Waals surface area contributed by atoms with Crippen molar-refractivity contribution in [1.29, 1.82) is 0 Å². The molecule has 4 aromatic rings. The van der Waals surface area contributed by atoms with Gasteiger partial charge in [0.2, 0.25) is 0 Å². The SMILES string of the molecule is Cc1nc2ccc(NC(=O)c3nnn(-c4ccc(F)cc4)c3C)cc2s1. The zero-order chi connectivity index (χ0) is 18.3. The highest BCUT2D eigenvalue weighted by Crippen LogP contribution is 2.25. The number of carbonyl (C=O) groups excluding carboxylic acids is 1. The molecule has 8 heteroatoms. The summed E-state index contributed by atoms with van der Waals surface area (Å²) >= 11 is 1.57. The molecule has 0 unspecified atom stereocenters. The lowest BCUT2D eigenvalue weighted by molar-refractivity contribution is 0.102. The van der Waals surface area contributed by atoms with Gasteiger partial charge in [-0.15, -0.1) is 16.4 Å². The van der Waals surface area contributed by atoms with Crippen molar-refractivity contribution in [3.05, 3.63) is 64.7 Å². The zero-order valence-electron chi connectivity index (χ0n) is 14.0. The van der Waals surface area contributed by atoms with Crippen LogP contribution in [0.5, 0.6) is 0 Å². The van der Waals surface area contributed by atoms with Crippen LogP contribution in [0.2, 0.25) is 0 Å². The van der Waals surface area contributed by atoms with E-state index >= 15 is 0 Å². The summed E-state index contributed by atoms with van der Waals surface area (Å²) in [6.45, 7) is 3.69. The number of rotatable bonds is 3. The molecule has 2 aromatic heterocycles. The van der Waals surface area contributed by atoms with E-state index in [4.69, 9.17) is 0 Å². The molecule has 6 nitrogen and oxygen atoms in total. The smallest absolute Gasteiger partial charge is 0.278 e. The second-order valence-corrected chi connectivity index (χ2v) is 7.02. The van der Waals surface area contributed by atoms with E-state index in [1.807, 2.05) is 19.1 Å². The second kappa shape index (κ2) is 6.30. The molecule has 0 saturated carbocycles. The van der Waals surface area contributed by atoms with Gasteiger partial charge in [-0.2, -0.15) is 0 Å². The Morgan fingerprint density at radius 1 is 1.15 bits per heavy atom. The summed E-state index contributed by atoms with van der Waals surface area (Å²) in [5.41, 5.74) is 3.00. The maximum atomic E-state index is 13.1. The monoisotopic (exact) mass is 367 g/mol. The molecule has 4 rings (SSSR count). The van der Waals surface area contributed by atoms with Gasteiger partial charge in [-0.3, -0.25) is 4.79 Å². The van der Waals surface area contributed by atoms with Crippen LogP contribution in [0.4, 0.5) is 10.1 Å². The quantitative estimate of drug-likeness (QED) is 0.596. The number of hydrogen-bond donors (Lipinski definition) is 1. The van der Waals surface area contributed by atoms with Crippen molar-refractivity contribution in [2.75, 3.05) is 5.32 Å². The summed E-state index contributed by atoms with van der Waals surface area (Å²) in [7, 11) is 0. The van der Waals surface area contributed by atoms with E-state index in [0.717, 1.165) is 15.2 Å². The number of nitrogens with one attached hydrogen (secondary N) is 1. The van der Waals surface area contributed by atoms with E-state index in [-0.39, 0.29) is 17.4 Å². The van der Waals surface area contributed by atoms with Crippen LogP contribution in [-0.4, -0.2) is 25.9 Å². The van der Waals surface area contributed by atoms with Crippen LogP contribution in [0.1, 0.15) is 21.2 Å². The number of thiazole rings is 1. The van der Waals surface area contributed by atoms with Gasteiger partial charge in [0.1, 0.15) is 5.82 Å². The van der Waals surface area contributed by atoms with E-state index in [1.165, 1.54) is 16.8 Å². The lowest BCUT2D eigenvalue weighted by Crippen LogP contribution is -2.14. The molecule has 2 heterocycles. The van der Waals surface area contributed by atoms with Crippen LogP contribution >= 0.6 is 11.3 Å². The first-order valence-corrected chi connectivity index (χ1v) is 8.70. The number of aromatic nitrogens is 4. The van der Waals surface area contributed by atoms with Crippen molar-refractivity contribution < 1.29 is 9.18 Å². The Hall–Kier alpha value is -3.13. The minimum atomic E-state index is -0.351. The van der Waals surface area contributed by atoms with E-state index in [1.54, 1.807) is 36.5 Å². The zero-order valence-corrected chi connectivity index (χ0v) is 14.8. The Morgan fingerprint density at radius 2 is 1.92 bits per heavy atom. The molecule has 0 spiro atoms. The van der Waals surface area contributed by atoms with Crippen molar-refractivity contribution in [2.24, 2.45) is 0 Å². The van der Waals surface area contributed by atoms with Gasteiger partial charge >= 0.3 is 0 Å². The summed E-state index contributed by atoms with van der Waals surface area (Å²) in [5.74, 6) is -0.686. The fraction of sp³-hybridized carbons (Fsp3) is 0.111. The molecule has 0 fully saturated rings. The van der Waals surface area contributed by atoms with Crippen LogP contribution in [0, 0.1) is 19.7 Å². The Labute approximate surface area is 152 Å².